The molecule has 0 saturated carbocycles. The van der Waals surface area contributed by atoms with Crippen molar-refractivity contribution in [1.82, 2.24) is 4.31 Å². The topological polar surface area (TPSA) is 37.4 Å². The van der Waals surface area contributed by atoms with Gasteiger partial charge in [-0.05, 0) is 37.0 Å². The first-order valence-electron chi connectivity index (χ1n) is 7.50. The zero-order valence-electron chi connectivity index (χ0n) is 13.0. The van der Waals surface area contributed by atoms with Crippen LogP contribution in [-0.2, 0) is 28.7 Å². The molecule has 0 amide bonds. The van der Waals surface area contributed by atoms with E-state index in [4.69, 9.17) is 0 Å². The smallest absolute Gasteiger partial charge is 0.212 e. The van der Waals surface area contributed by atoms with E-state index in [1.165, 1.54) is 5.56 Å². The lowest BCUT2D eigenvalue weighted by Crippen LogP contribution is -2.51. The summed E-state index contributed by atoms with van der Waals surface area (Å²) in [5.41, 5.74) is 2.79. The molecule has 22 heavy (non-hydrogen) atoms. The summed E-state index contributed by atoms with van der Waals surface area (Å²) in [5, 5.41) is 0. The van der Waals surface area contributed by atoms with Gasteiger partial charge in [-0.3, -0.25) is 0 Å². The second kappa shape index (κ2) is 5.52. The predicted molar refractivity (Wildman–Crippen MR) is 88.8 cm³/mol. The lowest BCUT2D eigenvalue weighted by atomic mass is 9.88. The van der Waals surface area contributed by atoms with Gasteiger partial charge in [0.1, 0.15) is 0 Å². The molecule has 0 radical (unpaired) electrons. The van der Waals surface area contributed by atoms with E-state index in [0.29, 0.717) is 6.54 Å². The Bertz CT molecular complexity index is 767. The Balaban J connectivity index is 1.93. The number of hydrogen-bond acceptors (Lipinski definition) is 2. The second-order valence-electron chi connectivity index (χ2n) is 6.51. The van der Waals surface area contributed by atoms with Crippen molar-refractivity contribution in [3.63, 3.8) is 0 Å². The quantitative estimate of drug-likeness (QED) is 0.871. The van der Waals surface area contributed by atoms with Crippen molar-refractivity contribution in [2.24, 2.45) is 0 Å². The van der Waals surface area contributed by atoms with Crippen molar-refractivity contribution in [3.05, 3.63) is 71.3 Å². The average Bonchev–Trinajstić information content (AvgIpc) is 2.46. The standard InChI is InChI=1S/C18H21NO2S/c1-18(2)12-16-10-6-7-11-17(16)13-19(18)22(20,21)14-15-8-4-3-5-9-15/h3-11H,12-14H2,1-2H3. The van der Waals surface area contributed by atoms with E-state index < -0.39 is 15.6 Å². The molecule has 0 unspecified atom stereocenters. The highest BCUT2D eigenvalue weighted by molar-refractivity contribution is 7.88. The molecule has 4 heteroatoms. The summed E-state index contributed by atoms with van der Waals surface area (Å²) in [4.78, 5) is 0. The van der Waals surface area contributed by atoms with Gasteiger partial charge in [0, 0.05) is 12.1 Å². The van der Waals surface area contributed by atoms with E-state index in [-0.39, 0.29) is 5.75 Å². The van der Waals surface area contributed by atoms with Gasteiger partial charge in [0.25, 0.3) is 0 Å². The van der Waals surface area contributed by atoms with Gasteiger partial charge in [-0.15, -0.1) is 0 Å². The predicted octanol–water partition coefficient (Wildman–Crippen LogP) is 3.35. The average molecular weight is 315 g/mol. The van der Waals surface area contributed by atoms with Gasteiger partial charge in [0.05, 0.1) is 5.75 Å². The van der Waals surface area contributed by atoms with E-state index in [0.717, 1.165) is 17.5 Å². The first-order valence-corrected chi connectivity index (χ1v) is 9.11. The van der Waals surface area contributed by atoms with Crippen LogP contribution in [0.15, 0.2) is 54.6 Å². The number of nitrogens with zero attached hydrogens (tertiary/aromatic N) is 1. The van der Waals surface area contributed by atoms with E-state index in [1.54, 1.807) is 4.31 Å². The van der Waals surface area contributed by atoms with Gasteiger partial charge < -0.3 is 0 Å². The first-order chi connectivity index (χ1) is 10.4. The molecule has 0 N–H and O–H groups in total. The lowest BCUT2D eigenvalue weighted by Gasteiger charge is -2.42. The maximum Gasteiger partial charge on any atom is 0.219 e. The van der Waals surface area contributed by atoms with Crippen LogP contribution in [0.4, 0.5) is 0 Å². The highest BCUT2D eigenvalue weighted by Crippen LogP contribution is 2.33. The molecule has 0 atom stereocenters. The van der Waals surface area contributed by atoms with Crippen molar-refractivity contribution in [2.45, 2.75) is 38.1 Å². The fourth-order valence-electron chi connectivity index (χ4n) is 3.14. The van der Waals surface area contributed by atoms with Crippen LogP contribution in [0.25, 0.3) is 0 Å². The highest BCUT2D eigenvalue weighted by Gasteiger charge is 2.39. The summed E-state index contributed by atoms with van der Waals surface area (Å²) in [6.07, 6.45) is 0.747. The monoisotopic (exact) mass is 315 g/mol. The normalized spacial score (nSPS) is 17.9. The minimum absolute atomic E-state index is 0.0550. The molecule has 0 aliphatic carbocycles. The van der Waals surface area contributed by atoms with Gasteiger partial charge in [0.2, 0.25) is 10.0 Å². The van der Waals surface area contributed by atoms with E-state index in [1.807, 2.05) is 62.4 Å². The van der Waals surface area contributed by atoms with Crippen LogP contribution < -0.4 is 0 Å². The number of hydrogen-bond donors (Lipinski definition) is 0. The second-order valence-corrected chi connectivity index (χ2v) is 8.40. The molecular formula is C18H21NO2S. The van der Waals surface area contributed by atoms with E-state index in [2.05, 4.69) is 6.07 Å². The van der Waals surface area contributed by atoms with Crippen molar-refractivity contribution < 1.29 is 8.42 Å². The van der Waals surface area contributed by atoms with Gasteiger partial charge >= 0.3 is 0 Å². The Labute approximate surface area is 132 Å². The van der Waals surface area contributed by atoms with Crippen LogP contribution in [0.1, 0.15) is 30.5 Å². The molecule has 0 fully saturated rings. The molecule has 1 aliphatic rings. The third-order valence-electron chi connectivity index (χ3n) is 4.26. The Hall–Kier alpha value is -1.65. The summed E-state index contributed by atoms with van der Waals surface area (Å²) in [5.74, 6) is 0.0550. The SMILES string of the molecule is CC1(C)Cc2ccccc2CN1S(=O)(=O)Cc1ccccc1. The summed E-state index contributed by atoms with van der Waals surface area (Å²) >= 11 is 0. The van der Waals surface area contributed by atoms with Crippen LogP contribution in [0.3, 0.4) is 0 Å². The molecule has 0 aromatic heterocycles. The molecule has 0 spiro atoms. The summed E-state index contributed by atoms with van der Waals surface area (Å²) < 4.78 is 27.5. The molecule has 1 heterocycles. The number of sulfonamides is 1. The van der Waals surface area contributed by atoms with Crippen LogP contribution in [0.5, 0.6) is 0 Å². The molecule has 3 nitrogen and oxygen atoms in total. The van der Waals surface area contributed by atoms with Gasteiger partial charge in [0.15, 0.2) is 0 Å². The Kier molecular flexibility index (Phi) is 3.83. The van der Waals surface area contributed by atoms with Crippen LogP contribution in [0, 0.1) is 0 Å². The number of benzene rings is 2. The number of fused-ring (bicyclic) bond motifs is 1. The van der Waals surface area contributed by atoms with Gasteiger partial charge in [-0.2, -0.15) is 4.31 Å². The Morgan fingerprint density at radius 2 is 1.55 bits per heavy atom. The van der Waals surface area contributed by atoms with Crippen molar-refractivity contribution in [1.29, 1.82) is 0 Å². The van der Waals surface area contributed by atoms with Crippen molar-refractivity contribution >= 4 is 10.0 Å². The Morgan fingerprint density at radius 1 is 0.955 bits per heavy atom. The molecule has 2 aromatic rings. The van der Waals surface area contributed by atoms with Crippen LogP contribution in [0.2, 0.25) is 0 Å². The third kappa shape index (κ3) is 2.94. The fraction of sp³-hybridized carbons (Fsp3) is 0.333. The van der Waals surface area contributed by atoms with Crippen LogP contribution in [-0.4, -0.2) is 18.3 Å². The summed E-state index contributed by atoms with van der Waals surface area (Å²) in [6.45, 7) is 4.47. The molecule has 116 valence electrons. The minimum Gasteiger partial charge on any atom is -0.212 e. The molecule has 0 saturated heterocycles. The molecular weight excluding hydrogens is 294 g/mol. The van der Waals surface area contributed by atoms with Crippen molar-refractivity contribution in [3.8, 4) is 0 Å². The first kappa shape index (κ1) is 15.3. The molecule has 0 bridgehead atoms. The zero-order chi connectivity index (χ0) is 15.8. The van der Waals surface area contributed by atoms with Crippen LogP contribution >= 0.6 is 0 Å². The molecule has 1 aliphatic heterocycles. The Morgan fingerprint density at radius 3 is 2.23 bits per heavy atom. The molecule has 3 rings (SSSR count). The van der Waals surface area contributed by atoms with Gasteiger partial charge in [-0.25, -0.2) is 8.42 Å². The summed E-state index contributed by atoms with van der Waals surface area (Å²) in [7, 11) is -3.35. The van der Waals surface area contributed by atoms with E-state index >= 15 is 0 Å². The van der Waals surface area contributed by atoms with E-state index in [9.17, 15) is 8.42 Å². The van der Waals surface area contributed by atoms with Gasteiger partial charge in [-0.1, -0.05) is 54.6 Å². The molecule has 2 aromatic carbocycles. The third-order valence-corrected chi connectivity index (χ3v) is 6.25. The summed E-state index contributed by atoms with van der Waals surface area (Å²) in [6, 6.07) is 17.5. The zero-order valence-corrected chi connectivity index (χ0v) is 13.8. The maximum absolute atomic E-state index is 12.9. The fourth-order valence-corrected chi connectivity index (χ4v) is 5.07. The largest absolute Gasteiger partial charge is 0.219 e. The number of rotatable bonds is 3. The van der Waals surface area contributed by atoms with Crippen molar-refractivity contribution in [2.75, 3.05) is 0 Å². The lowest BCUT2D eigenvalue weighted by molar-refractivity contribution is 0.202. The maximum atomic E-state index is 12.9. The minimum atomic E-state index is -3.35. The highest BCUT2D eigenvalue weighted by atomic mass is 32.2.